The van der Waals surface area contributed by atoms with Crippen molar-refractivity contribution in [2.45, 2.75) is 32.4 Å². The lowest BCUT2D eigenvalue weighted by Crippen LogP contribution is -2.31. The van der Waals surface area contributed by atoms with E-state index in [2.05, 4.69) is 5.10 Å². The summed E-state index contributed by atoms with van der Waals surface area (Å²) in [6, 6.07) is 1.72. The Morgan fingerprint density at radius 3 is 3.14 bits per heavy atom. The van der Waals surface area contributed by atoms with Crippen molar-refractivity contribution in [3.8, 4) is 0 Å². The highest BCUT2D eigenvalue weighted by Crippen LogP contribution is 2.19. The van der Waals surface area contributed by atoms with Crippen LogP contribution in [0.15, 0.2) is 17.1 Å². The van der Waals surface area contributed by atoms with Crippen molar-refractivity contribution in [1.29, 1.82) is 0 Å². The third-order valence-corrected chi connectivity index (χ3v) is 2.49. The molecule has 2 heterocycles. The Morgan fingerprint density at radius 1 is 1.57 bits per heavy atom. The molecule has 1 aromatic heterocycles. The first kappa shape index (κ1) is 9.40. The second-order valence-electron chi connectivity index (χ2n) is 3.59. The van der Waals surface area contributed by atoms with Crippen molar-refractivity contribution in [2.24, 2.45) is 0 Å². The van der Waals surface area contributed by atoms with Gasteiger partial charge < -0.3 is 4.74 Å². The first-order valence-electron chi connectivity index (χ1n) is 4.95. The minimum atomic E-state index is -0.156. The highest BCUT2D eigenvalue weighted by Gasteiger charge is 2.17. The van der Waals surface area contributed by atoms with Crippen LogP contribution in [0.4, 0.5) is 0 Å². The van der Waals surface area contributed by atoms with Crippen molar-refractivity contribution in [3.05, 3.63) is 28.2 Å². The van der Waals surface area contributed by atoms with E-state index in [-0.39, 0.29) is 11.8 Å². The largest absolute Gasteiger partial charge is 0.356 e. The van der Waals surface area contributed by atoms with E-state index in [9.17, 15) is 4.79 Å². The Morgan fingerprint density at radius 2 is 2.43 bits per heavy atom. The van der Waals surface area contributed by atoms with Crippen LogP contribution in [0, 0.1) is 6.92 Å². The maximum absolute atomic E-state index is 11.7. The van der Waals surface area contributed by atoms with Gasteiger partial charge in [-0.3, -0.25) is 4.79 Å². The quantitative estimate of drug-likeness (QED) is 0.675. The molecule has 1 unspecified atom stereocenters. The fourth-order valence-corrected chi connectivity index (χ4v) is 1.64. The minimum Gasteiger partial charge on any atom is -0.356 e. The van der Waals surface area contributed by atoms with Crippen molar-refractivity contribution < 1.29 is 4.74 Å². The molecular formula is C10H14N2O2. The molecule has 1 aromatic rings. The topological polar surface area (TPSA) is 44.1 Å². The Balaban J connectivity index is 2.31. The molecule has 0 spiro atoms. The standard InChI is InChI=1S/C10H14N2O2/c1-8-5-6-11-12(10(8)13)9-4-2-3-7-14-9/h5-6,9H,2-4,7H2,1H3. The maximum Gasteiger partial charge on any atom is 0.272 e. The SMILES string of the molecule is Cc1ccnn(C2CCCCO2)c1=O. The molecule has 4 heteroatoms. The lowest BCUT2D eigenvalue weighted by molar-refractivity contribution is -0.0426. The first-order valence-corrected chi connectivity index (χ1v) is 4.95. The molecule has 0 amide bonds. The summed E-state index contributed by atoms with van der Waals surface area (Å²) in [4.78, 5) is 11.7. The van der Waals surface area contributed by atoms with Gasteiger partial charge in [-0.2, -0.15) is 5.10 Å². The van der Waals surface area contributed by atoms with Crippen molar-refractivity contribution in [3.63, 3.8) is 0 Å². The normalized spacial score (nSPS) is 22.2. The van der Waals surface area contributed by atoms with Crippen molar-refractivity contribution in [1.82, 2.24) is 9.78 Å². The molecule has 0 radical (unpaired) electrons. The molecule has 1 atom stereocenters. The van der Waals surface area contributed by atoms with Gasteiger partial charge in [0.2, 0.25) is 0 Å². The van der Waals surface area contributed by atoms with E-state index in [0.717, 1.165) is 25.9 Å². The molecule has 1 aliphatic heterocycles. The third kappa shape index (κ3) is 1.70. The molecule has 1 aliphatic rings. The van der Waals surface area contributed by atoms with Crippen LogP contribution in [0.3, 0.4) is 0 Å². The van der Waals surface area contributed by atoms with E-state index in [1.54, 1.807) is 19.2 Å². The van der Waals surface area contributed by atoms with Gasteiger partial charge in [-0.15, -0.1) is 0 Å². The fourth-order valence-electron chi connectivity index (χ4n) is 1.64. The van der Waals surface area contributed by atoms with E-state index in [4.69, 9.17) is 4.74 Å². The summed E-state index contributed by atoms with van der Waals surface area (Å²) in [6.07, 6.45) is 4.56. The average Bonchev–Trinajstić information content (AvgIpc) is 2.23. The zero-order chi connectivity index (χ0) is 9.97. The summed E-state index contributed by atoms with van der Waals surface area (Å²) in [6.45, 7) is 2.52. The first-order chi connectivity index (χ1) is 6.79. The van der Waals surface area contributed by atoms with Crippen LogP contribution in [-0.4, -0.2) is 16.4 Å². The third-order valence-electron chi connectivity index (χ3n) is 2.49. The van der Waals surface area contributed by atoms with Gasteiger partial charge in [0.25, 0.3) is 5.56 Å². The number of hydrogen-bond donors (Lipinski definition) is 0. The van der Waals surface area contributed by atoms with Gasteiger partial charge in [0.05, 0.1) is 0 Å². The van der Waals surface area contributed by atoms with Crippen LogP contribution in [-0.2, 0) is 4.74 Å². The van der Waals surface area contributed by atoms with Crippen LogP contribution in [0.25, 0.3) is 0 Å². The zero-order valence-corrected chi connectivity index (χ0v) is 8.27. The lowest BCUT2D eigenvalue weighted by atomic mass is 10.2. The molecule has 0 aliphatic carbocycles. The van der Waals surface area contributed by atoms with E-state index in [0.29, 0.717) is 5.56 Å². The van der Waals surface area contributed by atoms with Crippen molar-refractivity contribution >= 4 is 0 Å². The Hall–Kier alpha value is -1.16. The van der Waals surface area contributed by atoms with Gasteiger partial charge in [0.15, 0.2) is 6.23 Å². The Kier molecular flexibility index (Phi) is 2.63. The Labute approximate surface area is 82.5 Å². The van der Waals surface area contributed by atoms with Gasteiger partial charge >= 0.3 is 0 Å². The van der Waals surface area contributed by atoms with Crippen LogP contribution in [0.5, 0.6) is 0 Å². The predicted octanol–water partition coefficient (Wildman–Crippen LogP) is 1.25. The van der Waals surface area contributed by atoms with E-state index in [1.165, 1.54) is 4.68 Å². The van der Waals surface area contributed by atoms with Crippen LogP contribution in [0.1, 0.15) is 31.1 Å². The minimum absolute atomic E-state index is 0.0422. The summed E-state index contributed by atoms with van der Waals surface area (Å²) in [7, 11) is 0. The number of nitrogens with zero attached hydrogens (tertiary/aromatic N) is 2. The van der Waals surface area contributed by atoms with Crippen LogP contribution >= 0.6 is 0 Å². The molecule has 1 saturated heterocycles. The fraction of sp³-hybridized carbons (Fsp3) is 0.600. The highest BCUT2D eigenvalue weighted by molar-refractivity contribution is 5.03. The molecule has 1 fully saturated rings. The number of ether oxygens (including phenoxy) is 1. The Bertz CT molecular complexity index is 367. The summed E-state index contributed by atoms with van der Waals surface area (Å²) in [5.41, 5.74) is 0.675. The van der Waals surface area contributed by atoms with Gasteiger partial charge in [-0.05, 0) is 32.3 Å². The summed E-state index contributed by atoms with van der Waals surface area (Å²) in [5.74, 6) is 0. The number of aryl methyl sites for hydroxylation is 1. The van der Waals surface area contributed by atoms with Gasteiger partial charge in [-0.25, -0.2) is 4.68 Å². The van der Waals surface area contributed by atoms with E-state index >= 15 is 0 Å². The second-order valence-corrected chi connectivity index (χ2v) is 3.59. The molecule has 76 valence electrons. The second kappa shape index (κ2) is 3.92. The molecule has 0 N–H and O–H groups in total. The van der Waals surface area contributed by atoms with E-state index in [1.807, 2.05) is 0 Å². The van der Waals surface area contributed by atoms with Crippen molar-refractivity contribution in [2.75, 3.05) is 6.61 Å². The number of hydrogen-bond acceptors (Lipinski definition) is 3. The summed E-state index contributed by atoms with van der Waals surface area (Å²) < 4.78 is 6.95. The van der Waals surface area contributed by atoms with Crippen LogP contribution in [0.2, 0.25) is 0 Å². The molecular weight excluding hydrogens is 180 g/mol. The van der Waals surface area contributed by atoms with E-state index < -0.39 is 0 Å². The highest BCUT2D eigenvalue weighted by atomic mass is 16.5. The molecule has 14 heavy (non-hydrogen) atoms. The predicted molar refractivity (Wildman–Crippen MR) is 52.1 cm³/mol. The number of rotatable bonds is 1. The molecule has 0 bridgehead atoms. The summed E-state index contributed by atoms with van der Waals surface area (Å²) in [5, 5.41) is 4.04. The molecule has 4 nitrogen and oxygen atoms in total. The molecule has 0 saturated carbocycles. The lowest BCUT2D eigenvalue weighted by Gasteiger charge is -2.23. The van der Waals surface area contributed by atoms with Gasteiger partial charge in [0, 0.05) is 18.4 Å². The van der Waals surface area contributed by atoms with Gasteiger partial charge in [-0.1, -0.05) is 0 Å². The van der Waals surface area contributed by atoms with Crippen LogP contribution < -0.4 is 5.56 Å². The maximum atomic E-state index is 11.7. The zero-order valence-electron chi connectivity index (χ0n) is 8.27. The molecule has 0 aromatic carbocycles. The van der Waals surface area contributed by atoms with Gasteiger partial charge in [0.1, 0.15) is 0 Å². The summed E-state index contributed by atoms with van der Waals surface area (Å²) >= 11 is 0. The molecule has 2 rings (SSSR count). The smallest absolute Gasteiger partial charge is 0.272 e. The monoisotopic (exact) mass is 194 g/mol. The number of aromatic nitrogens is 2. The average molecular weight is 194 g/mol.